The summed E-state index contributed by atoms with van der Waals surface area (Å²) in [5, 5.41) is 42.6. The van der Waals surface area contributed by atoms with Crippen LogP contribution in [0.25, 0.3) is 0 Å². The van der Waals surface area contributed by atoms with Crippen molar-refractivity contribution in [1.29, 1.82) is 0 Å². The van der Waals surface area contributed by atoms with Crippen LogP contribution in [0, 0.1) is 34.5 Å². The molecule has 14 heteroatoms. The van der Waals surface area contributed by atoms with Gasteiger partial charge in [0.25, 0.3) is 0 Å². The van der Waals surface area contributed by atoms with E-state index in [2.05, 4.69) is 6.92 Å². The normalized spacial score (nSPS) is 30.5. The van der Waals surface area contributed by atoms with Crippen molar-refractivity contribution in [2.75, 3.05) is 0 Å². The number of alkyl halides is 9. The third kappa shape index (κ3) is 7.17. The Morgan fingerprint density at radius 1 is 0.827 bits per heavy atom. The standard InChI is InChI=1S/C38H51F9O5/c1-33-17-15-25-24-14-13-23(48)20-27(24)31(50)26(30(25)28(33)21-29(49)34(33)18-19-34)12-8-6-4-2-3-5-7-10-22(32(51)52)11-9-16-35(39,40)36(41,42)37(43,44)38(45,46)47/h13-14,20,22,25-26,28-31,48-50H,2-12,15-19,21H2,1H3,(H,51,52)/t22?,25?,26?,28?,29-,30?,31-,33+/m1/s1. The van der Waals surface area contributed by atoms with Crippen molar-refractivity contribution in [3.05, 3.63) is 29.3 Å². The number of hydrogen-bond acceptors (Lipinski definition) is 4. The van der Waals surface area contributed by atoms with Gasteiger partial charge in [-0.15, -0.1) is 0 Å². The van der Waals surface area contributed by atoms with Crippen LogP contribution < -0.4 is 0 Å². The van der Waals surface area contributed by atoms with Gasteiger partial charge in [-0.2, -0.15) is 39.5 Å². The van der Waals surface area contributed by atoms with Gasteiger partial charge in [-0.3, -0.25) is 4.79 Å². The largest absolute Gasteiger partial charge is 0.508 e. The number of benzene rings is 1. The number of aliphatic carboxylic acids is 1. The Labute approximate surface area is 298 Å². The Morgan fingerprint density at radius 2 is 1.42 bits per heavy atom. The summed E-state index contributed by atoms with van der Waals surface area (Å²) in [6, 6.07) is 5.33. The van der Waals surface area contributed by atoms with Gasteiger partial charge in [0.2, 0.25) is 0 Å². The number of hydrogen-bond donors (Lipinski definition) is 4. The topological polar surface area (TPSA) is 98.0 Å². The lowest BCUT2D eigenvalue weighted by Crippen LogP contribution is -2.60. The highest BCUT2D eigenvalue weighted by Gasteiger charge is 2.81. The van der Waals surface area contributed by atoms with Crippen LogP contribution in [-0.2, 0) is 4.79 Å². The van der Waals surface area contributed by atoms with Crippen LogP contribution >= 0.6 is 0 Å². The van der Waals surface area contributed by atoms with Gasteiger partial charge in [-0.1, -0.05) is 57.9 Å². The summed E-state index contributed by atoms with van der Waals surface area (Å²) in [7, 11) is 0. The number of phenolic OH excluding ortho intramolecular Hbond substituents is 1. The van der Waals surface area contributed by atoms with Gasteiger partial charge in [-0.05, 0) is 110 Å². The maximum atomic E-state index is 13.8. The van der Waals surface area contributed by atoms with Crippen molar-refractivity contribution in [2.45, 2.75) is 158 Å². The summed E-state index contributed by atoms with van der Waals surface area (Å²) in [5.74, 6) is -21.1. The summed E-state index contributed by atoms with van der Waals surface area (Å²) < 4.78 is 118. The molecule has 8 atom stereocenters. The fourth-order valence-corrected chi connectivity index (χ4v) is 10.5. The molecule has 0 aliphatic heterocycles. The Balaban J connectivity index is 1.06. The summed E-state index contributed by atoms with van der Waals surface area (Å²) in [6.07, 6.45) is -0.608. The Morgan fingerprint density at radius 3 is 2.02 bits per heavy atom. The summed E-state index contributed by atoms with van der Waals surface area (Å²) >= 11 is 0. The number of fused-ring (bicyclic) bond motifs is 6. The first kappa shape index (κ1) is 41.0. The zero-order valence-corrected chi connectivity index (χ0v) is 29.4. The Bertz CT molecular complexity index is 1410. The van der Waals surface area contributed by atoms with Gasteiger partial charge in [0.15, 0.2) is 0 Å². The molecule has 3 fully saturated rings. The monoisotopic (exact) mass is 758 g/mol. The second-order valence-electron chi connectivity index (χ2n) is 16.4. The molecule has 0 heterocycles. The van der Waals surface area contributed by atoms with E-state index in [4.69, 9.17) is 0 Å². The van der Waals surface area contributed by atoms with E-state index in [0.29, 0.717) is 18.8 Å². The average Bonchev–Trinajstić information content (AvgIpc) is 3.84. The maximum absolute atomic E-state index is 13.8. The first-order chi connectivity index (χ1) is 24.1. The minimum atomic E-state index is -6.95. The first-order valence-corrected chi connectivity index (χ1v) is 18.7. The van der Waals surface area contributed by atoms with Crippen LogP contribution in [-0.4, -0.2) is 56.4 Å². The zero-order valence-electron chi connectivity index (χ0n) is 29.4. The highest BCUT2D eigenvalue weighted by atomic mass is 19.4. The Kier molecular flexibility index (Phi) is 11.6. The van der Waals surface area contributed by atoms with Gasteiger partial charge < -0.3 is 20.4 Å². The number of carbonyl (C=O) groups is 1. The van der Waals surface area contributed by atoms with Crippen LogP contribution in [0.4, 0.5) is 39.5 Å². The summed E-state index contributed by atoms with van der Waals surface area (Å²) in [5.41, 5.74) is 1.93. The van der Waals surface area contributed by atoms with Crippen LogP contribution in [0.5, 0.6) is 5.75 Å². The number of aliphatic hydroxyl groups excluding tert-OH is 2. The Hall–Kier alpha value is -2.22. The quantitative estimate of drug-likeness (QED) is 0.0937. The molecule has 1 spiro atoms. The van der Waals surface area contributed by atoms with E-state index in [1.807, 2.05) is 6.07 Å². The molecule has 4 N–H and O–H groups in total. The minimum Gasteiger partial charge on any atom is -0.508 e. The van der Waals surface area contributed by atoms with Gasteiger partial charge in [0, 0.05) is 11.8 Å². The second kappa shape index (κ2) is 14.8. The molecule has 5 nitrogen and oxygen atoms in total. The SMILES string of the molecule is C[C@]12CCC3c4ccc(O)cc4[C@H](O)C(CCCCCCCCCC(CCCC(F)(F)C(F)(F)C(F)(F)C(F)(F)F)C(=O)O)C3C1C[C@@H](O)C21CC1. The molecule has 3 saturated carbocycles. The van der Waals surface area contributed by atoms with Crippen LogP contribution in [0.1, 0.15) is 139 Å². The van der Waals surface area contributed by atoms with E-state index >= 15 is 0 Å². The third-order valence-electron chi connectivity index (χ3n) is 13.6. The predicted octanol–water partition coefficient (Wildman–Crippen LogP) is 10.6. The van der Waals surface area contributed by atoms with E-state index < -0.39 is 61.2 Å². The summed E-state index contributed by atoms with van der Waals surface area (Å²) in [6.45, 7) is 2.34. The lowest BCUT2D eigenvalue weighted by atomic mass is 9.50. The van der Waals surface area contributed by atoms with Gasteiger partial charge in [-0.25, -0.2) is 0 Å². The average molecular weight is 759 g/mol. The number of aromatic hydroxyl groups is 1. The number of carboxylic acid groups (broad SMARTS) is 1. The molecule has 0 amide bonds. The highest BCUT2D eigenvalue weighted by molar-refractivity contribution is 5.69. The molecular formula is C38H51F9O5. The molecule has 1 aromatic rings. The molecule has 4 aliphatic rings. The molecule has 4 aliphatic carbocycles. The van der Waals surface area contributed by atoms with Gasteiger partial charge in [0.05, 0.1) is 18.1 Å². The molecule has 296 valence electrons. The molecule has 0 saturated heterocycles. The van der Waals surface area contributed by atoms with Crippen molar-refractivity contribution >= 4 is 5.97 Å². The lowest BCUT2D eigenvalue weighted by molar-refractivity contribution is -0.396. The second-order valence-corrected chi connectivity index (χ2v) is 16.4. The molecule has 0 radical (unpaired) electrons. The first-order valence-electron chi connectivity index (χ1n) is 18.7. The minimum absolute atomic E-state index is 0.00900. The highest BCUT2D eigenvalue weighted by Crippen LogP contribution is 2.76. The van der Waals surface area contributed by atoms with E-state index in [0.717, 1.165) is 81.8 Å². The van der Waals surface area contributed by atoms with E-state index in [1.165, 1.54) is 0 Å². The molecule has 1 aromatic carbocycles. The number of carboxylic acids is 1. The number of halogens is 9. The molecule has 5 rings (SSSR count). The molecule has 0 bridgehead atoms. The van der Waals surface area contributed by atoms with E-state index in [-0.39, 0.29) is 46.9 Å². The third-order valence-corrected chi connectivity index (χ3v) is 13.6. The summed E-state index contributed by atoms with van der Waals surface area (Å²) in [4.78, 5) is 11.6. The molecular weight excluding hydrogens is 707 g/mol. The van der Waals surface area contributed by atoms with Crippen molar-refractivity contribution in [3.63, 3.8) is 0 Å². The lowest BCUT2D eigenvalue weighted by Gasteiger charge is -2.55. The number of aliphatic hydroxyl groups is 2. The molecule has 52 heavy (non-hydrogen) atoms. The fourth-order valence-electron chi connectivity index (χ4n) is 10.5. The number of unbranched alkanes of at least 4 members (excludes halogenated alkanes) is 6. The van der Waals surface area contributed by atoms with Gasteiger partial charge in [0.1, 0.15) is 5.75 Å². The molecule has 0 aromatic heterocycles. The van der Waals surface area contributed by atoms with Crippen LogP contribution in [0.3, 0.4) is 0 Å². The smallest absolute Gasteiger partial charge is 0.460 e. The maximum Gasteiger partial charge on any atom is 0.460 e. The number of rotatable bonds is 17. The predicted molar refractivity (Wildman–Crippen MR) is 173 cm³/mol. The van der Waals surface area contributed by atoms with Gasteiger partial charge >= 0.3 is 29.9 Å². The van der Waals surface area contributed by atoms with Crippen molar-refractivity contribution in [1.82, 2.24) is 0 Å². The van der Waals surface area contributed by atoms with Crippen molar-refractivity contribution in [2.24, 2.45) is 34.5 Å². The van der Waals surface area contributed by atoms with Crippen LogP contribution in [0.2, 0.25) is 0 Å². The van der Waals surface area contributed by atoms with Crippen LogP contribution in [0.15, 0.2) is 18.2 Å². The molecule has 5 unspecified atom stereocenters. The van der Waals surface area contributed by atoms with Crippen molar-refractivity contribution in [3.8, 4) is 5.75 Å². The zero-order chi connectivity index (χ0) is 38.5. The van der Waals surface area contributed by atoms with E-state index in [1.54, 1.807) is 12.1 Å². The number of phenols is 1. The fraction of sp³-hybridized carbons (Fsp3) is 0.816. The van der Waals surface area contributed by atoms with Crippen molar-refractivity contribution < 1.29 is 64.7 Å². The van der Waals surface area contributed by atoms with E-state index in [9.17, 15) is 64.7 Å².